The molecule has 0 spiro atoms. The molecule has 2 heterocycles. The maximum absolute atomic E-state index is 12.9. The van der Waals surface area contributed by atoms with Crippen LogP contribution in [0.2, 0.25) is 0 Å². The fourth-order valence-corrected chi connectivity index (χ4v) is 4.44. The predicted octanol–water partition coefficient (Wildman–Crippen LogP) is 2.66. The second-order valence-electron chi connectivity index (χ2n) is 6.95. The molecule has 3 rings (SSSR count). The Bertz CT molecular complexity index is 844. The van der Waals surface area contributed by atoms with Crippen molar-refractivity contribution in [2.75, 3.05) is 19.7 Å². The SMILES string of the molecule is CC(Sc1nc2ccccc2c(=O)n1CCCO)C(=O)N1CCCCCC1. The molecule has 6 nitrogen and oxygen atoms in total. The summed E-state index contributed by atoms with van der Waals surface area (Å²) in [5, 5.41) is 9.98. The molecule has 27 heavy (non-hydrogen) atoms. The number of hydrogen-bond acceptors (Lipinski definition) is 5. The first-order chi connectivity index (χ1) is 13.1. The summed E-state index contributed by atoms with van der Waals surface area (Å²) in [5.41, 5.74) is 0.519. The zero-order valence-corrected chi connectivity index (χ0v) is 16.6. The van der Waals surface area contributed by atoms with Gasteiger partial charge in [-0.15, -0.1) is 0 Å². The van der Waals surface area contributed by atoms with Crippen LogP contribution in [0.3, 0.4) is 0 Å². The summed E-state index contributed by atoms with van der Waals surface area (Å²) >= 11 is 1.34. The van der Waals surface area contributed by atoms with Crippen molar-refractivity contribution in [2.45, 2.75) is 56.0 Å². The third-order valence-corrected chi connectivity index (χ3v) is 5.99. The van der Waals surface area contributed by atoms with Gasteiger partial charge < -0.3 is 10.0 Å². The zero-order valence-electron chi connectivity index (χ0n) is 15.8. The lowest BCUT2D eigenvalue weighted by Crippen LogP contribution is -2.37. The van der Waals surface area contributed by atoms with Crippen molar-refractivity contribution in [2.24, 2.45) is 0 Å². The average Bonchev–Trinajstić information content (AvgIpc) is 2.96. The molecule has 1 saturated heterocycles. The number of carbonyl (C=O) groups excluding carboxylic acids is 1. The number of thioether (sulfide) groups is 1. The van der Waals surface area contributed by atoms with Crippen LogP contribution in [0.5, 0.6) is 0 Å². The third kappa shape index (κ3) is 4.71. The Hall–Kier alpha value is -1.86. The number of carbonyl (C=O) groups is 1. The van der Waals surface area contributed by atoms with Gasteiger partial charge in [-0.3, -0.25) is 14.2 Å². The highest BCUT2D eigenvalue weighted by Gasteiger charge is 2.24. The number of fused-ring (bicyclic) bond motifs is 1. The molecule has 1 aliphatic heterocycles. The van der Waals surface area contributed by atoms with E-state index in [2.05, 4.69) is 4.98 Å². The summed E-state index contributed by atoms with van der Waals surface area (Å²) in [4.78, 5) is 32.4. The van der Waals surface area contributed by atoms with Crippen LogP contribution in [0.4, 0.5) is 0 Å². The molecule has 1 aliphatic rings. The molecule has 0 bridgehead atoms. The van der Waals surface area contributed by atoms with Gasteiger partial charge in [-0.25, -0.2) is 4.98 Å². The summed E-state index contributed by atoms with van der Waals surface area (Å²) in [6, 6.07) is 7.26. The predicted molar refractivity (Wildman–Crippen MR) is 108 cm³/mol. The molecule has 1 aromatic heterocycles. The minimum Gasteiger partial charge on any atom is -0.396 e. The van der Waals surface area contributed by atoms with Crippen LogP contribution < -0.4 is 5.56 Å². The first kappa shape index (κ1) is 19.9. The largest absolute Gasteiger partial charge is 0.396 e. The highest BCUT2D eigenvalue weighted by Crippen LogP contribution is 2.25. The van der Waals surface area contributed by atoms with E-state index in [0.29, 0.717) is 29.0 Å². The van der Waals surface area contributed by atoms with Gasteiger partial charge in [-0.05, 0) is 38.3 Å². The van der Waals surface area contributed by atoms with Gasteiger partial charge in [0.15, 0.2) is 5.16 Å². The molecule has 1 atom stereocenters. The number of aliphatic hydroxyl groups excluding tert-OH is 1. The fraction of sp³-hybridized carbons (Fsp3) is 0.550. The van der Waals surface area contributed by atoms with Gasteiger partial charge in [-0.1, -0.05) is 36.7 Å². The maximum Gasteiger partial charge on any atom is 0.262 e. The van der Waals surface area contributed by atoms with Crippen molar-refractivity contribution >= 4 is 28.6 Å². The smallest absolute Gasteiger partial charge is 0.262 e. The Morgan fingerprint density at radius 1 is 1.22 bits per heavy atom. The highest BCUT2D eigenvalue weighted by molar-refractivity contribution is 8.00. The van der Waals surface area contributed by atoms with E-state index in [0.717, 1.165) is 25.9 Å². The van der Waals surface area contributed by atoms with Crippen molar-refractivity contribution in [3.63, 3.8) is 0 Å². The monoisotopic (exact) mass is 389 g/mol. The van der Waals surface area contributed by atoms with Crippen molar-refractivity contribution in [3.05, 3.63) is 34.6 Å². The molecule has 2 aromatic rings. The van der Waals surface area contributed by atoms with Gasteiger partial charge in [-0.2, -0.15) is 0 Å². The van der Waals surface area contributed by atoms with Gasteiger partial charge in [0.1, 0.15) is 0 Å². The molecular weight excluding hydrogens is 362 g/mol. The molecule has 7 heteroatoms. The van der Waals surface area contributed by atoms with Gasteiger partial charge >= 0.3 is 0 Å². The lowest BCUT2D eigenvalue weighted by atomic mass is 10.2. The van der Waals surface area contributed by atoms with Crippen LogP contribution >= 0.6 is 11.8 Å². The number of benzene rings is 1. The zero-order chi connectivity index (χ0) is 19.2. The lowest BCUT2D eigenvalue weighted by molar-refractivity contribution is -0.130. The summed E-state index contributed by atoms with van der Waals surface area (Å²) in [7, 11) is 0. The number of nitrogens with zero attached hydrogens (tertiary/aromatic N) is 3. The van der Waals surface area contributed by atoms with Gasteiger partial charge in [0.05, 0.1) is 16.2 Å². The Kier molecular flexibility index (Phi) is 6.90. The van der Waals surface area contributed by atoms with E-state index in [9.17, 15) is 14.7 Å². The van der Waals surface area contributed by atoms with E-state index in [1.54, 1.807) is 10.6 Å². The Morgan fingerprint density at radius 3 is 2.63 bits per heavy atom. The molecule has 1 amide bonds. The van der Waals surface area contributed by atoms with Crippen molar-refractivity contribution in [1.82, 2.24) is 14.5 Å². The first-order valence-electron chi connectivity index (χ1n) is 9.67. The van der Waals surface area contributed by atoms with Crippen LogP contribution in [-0.2, 0) is 11.3 Å². The second-order valence-corrected chi connectivity index (χ2v) is 8.25. The number of hydrogen-bond donors (Lipinski definition) is 1. The van der Waals surface area contributed by atoms with Crippen LogP contribution in [0.1, 0.15) is 39.0 Å². The Balaban J connectivity index is 1.87. The summed E-state index contributed by atoms with van der Waals surface area (Å²) < 4.78 is 1.59. The van der Waals surface area contributed by atoms with Crippen LogP contribution in [0.25, 0.3) is 10.9 Å². The summed E-state index contributed by atoms with van der Waals surface area (Å²) in [6.07, 6.45) is 4.94. The first-order valence-corrected chi connectivity index (χ1v) is 10.6. The molecule has 1 N–H and O–H groups in total. The summed E-state index contributed by atoms with van der Waals surface area (Å²) in [6.45, 7) is 3.90. The number of likely N-dealkylation sites (tertiary alicyclic amines) is 1. The molecule has 0 saturated carbocycles. The van der Waals surface area contributed by atoms with Crippen molar-refractivity contribution in [3.8, 4) is 0 Å². The number of amides is 1. The van der Waals surface area contributed by atoms with E-state index in [-0.39, 0.29) is 23.3 Å². The molecular formula is C20H27N3O3S. The van der Waals surface area contributed by atoms with Crippen molar-refractivity contribution in [1.29, 1.82) is 0 Å². The normalized spacial score (nSPS) is 16.3. The van der Waals surface area contributed by atoms with Crippen molar-refractivity contribution < 1.29 is 9.90 Å². The second kappa shape index (κ2) is 9.37. The molecule has 146 valence electrons. The van der Waals surface area contributed by atoms with Gasteiger partial charge in [0.2, 0.25) is 5.91 Å². The minimum atomic E-state index is -0.309. The number of aromatic nitrogens is 2. The Morgan fingerprint density at radius 2 is 1.93 bits per heavy atom. The molecule has 1 fully saturated rings. The molecule has 1 aromatic carbocycles. The van der Waals surface area contributed by atoms with E-state index in [4.69, 9.17) is 0 Å². The minimum absolute atomic E-state index is 0.00559. The van der Waals surface area contributed by atoms with E-state index >= 15 is 0 Å². The highest BCUT2D eigenvalue weighted by atomic mass is 32.2. The quantitative estimate of drug-likeness (QED) is 0.607. The van der Waals surface area contributed by atoms with Gasteiger partial charge in [0, 0.05) is 26.2 Å². The summed E-state index contributed by atoms with van der Waals surface area (Å²) in [5.74, 6) is 0.109. The molecule has 1 unspecified atom stereocenters. The molecule has 0 aliphatic carbocycles. The van der Waals surface area contributed by atoms with Crippen LogP contribution in [0.15, 0.2) is 34.2 Å². The number of aliphatic hydroxyl groups is 1. The molecule has 0 radical (unpaired) electrons. The fourth-order valence-electron chi connectivity index (χ4n) is 3.42. The van der Waals surface area contributed by atoms with E-state index < -0.39 is 0 Å². The van der Waals surface area contributed by atoms with Gasteiger partial charge in [0.25, 0.3) is 5.56 Å². The number of para-hydroxylation sites is 1. The standard InChI is InChI=1S/C20H27N3O3S/c1-15(18(25)22-11-6-2-3-7-12-22)27-20-21-17-10-5-4-9-16(17)19(26)23(20)13-8-14-24/h4-5,9-10,15,24H,2-3,6-8,11-14H2,1H3. The average molecular weight is 390 g/mol. The van der Waals surface area contributed by atoms with Crippen LogP contribution in [-0.4, -0.2) is 50.4 Å². The topological polar surface area (TPSA) is 75.4 Å². The van der Waals surface area contributed by atoms with E-state index in [1.807, 2.05) is 30.0 Å². The Labute approximate surface area is 163 Å². The maximum atomic E-state index is 12.9. The van der Waals surface area contributed by atoms with E-state index in [1.165, 1.54) is 24.6 Å². The number of rotatable bonds is 6. The lowest BCUT2D eigenvalue weighted by Gasteiger charge is -2.24. The van der Waals surface area contributed by atoms with Crippen LogP contribution in [0, 0.1) is 0 Å². The third-order valence-electron chi connectivity index (χ3n) is 4.91.